The van der Waals surface area contributed by atoms with Crippen LogP contribution < -0.4 is 4.74 Å². The number of hydrogen-bond acceptors (Lipinski definition) is 1. The third-order valence-corrected chi connectivity index (χ3v) is 6.08. The molecule has 1 aromatic carbocycles. The Hall–Kier alpha value is -1.26. The molecule has 25 heavy (non-hydrogen) atoms. The Morgan fingerprint density at radius 2 is 1.80 bits per heavy atom. The van der Waals surface area contributed by atoms with Gasteiger partial charge in [0, 0.05) is 0 Å². The zero-order valence-corrected chi connectivity index (χ0v) is 14.7. The van der Waals surface area contributed by atoms with Gasteiger partial charge in [-0.3, -0.25) is 0 Å². The molecule has 140 valence electrons. The van der Waals surface area contributed by atoms with Crippen molar-refractivity contribution in [3.63, 3.8) is 0 Å². The van der Waals surface area contributed by atoms with Crippen LogP contribution in [0.5, 0.6) is 5.75 Å². The smallest absolute Gasteiger partial charge is 0.387 e. The minimum Gasteiger partial charge on any atom is -0.429 e. The summed E-state index contributed by atoms with van der Waals surface area (Å²) in [6.45, 7) is -1.00. The third kappa shape index (κ3) is 4.12. The van der Waals surface area contributed by atoms with E-state index in [0.717, 1.165) is 12.3 Å². The summed E-state index contributed by atoms with van der Waals surface area (Å²) < 4.78 is 57.1. The molecule has 2 aliphatic rings. The minimum absolute atomic E-state index is 0.355. The molecule has 0 amide bonds. The van der Waals surface area contributed by atoms with Gasteiger partial charge < -0.3 is 4.74 Å². The van der Waals surface area contributed by atoms with Crippen LogP contribution in [0.15, 0.2) is 6.07 Å². The predicted molar refractivity (Wildman–Crippen MR) is 88.9 cm³/mol. The first-order valence-corrected chi connectivity index (χ1v) is 9.44. The van der Waals surface area contributed by atoms with Crippen LogP contribution in [0.25, 0.3) is 0 Å². The van der Waals surface area contributed by atoms with Crippen LogP contribution in [0.4, 0.5) is 17.6 Å². The van der Waals surface area contributed by atoms with Gasteiger partial charge in [0.25, 0.3) is 0 Å². The topological polar surface area (TPSA) is 9.23 Å². The maximum Gasteiger partial charge on any atom is 0.387 e. The molecular formula is C20H26F4O. The Morgan fingerprint density at radius 3 is 2.44 bits per heavy atom. The Labute approximate surface area is 146 Å². The Bertz CT molecular complexity index is 594. The molecule has 1 saturated carbocycles. The molecular weight excluding hydrogens is 332 g/mol. The van der Waals surface area contributed by atoms with E-state index in [1.807, 2.05) is 0 Å². The first kappa shape index (κ1) is 18.5. The monoisotopic (exact) mass is 358 g/mol. The average molecular weight is 358 g/mol. The van der Waals surface area contributed by atoms with Gasteiger partial charge in [0.05, 0.1) is 0 Å². The van der Waals surface area contributed by atoms with Crippen LogP contribution in [0.1, 0.15) is 63.0 Å². The molecule has 0 aromatic heterocycles. The summed E-state index contributed by atoms with van der Waals surface area (Å²) in [5.74, 6) is -1.02. The fourth-order valence-electron chi connectivity index (χ4n) is 4.81. The molecule has 0 heterocycles. The van der Waals surface area contributed by atoms with E-state index in [9.17, 15) is 17.6 Å². The van der Waals surface area contributed by atoms with Gasteiger partial charge in [-0.15, -0.1) is 0 Å². The molecule has 1 atom stereocenters. The molecule has 1 aromatic rings. The lowest BCUT2D eigenvalue weighted by molar-refractivity contribution is -0.0548. The van der Waals surface area contributed by atoms with Crippen molar-refractivity contribution < 1.29 is 22.3 Å². The molecule has 1 unspecified atom stereocenters. The average Bonchev–Trinajstić information content (AvgIpc) is 2.59. The van der Waals surface area contributed by atoms with E-state index in [-0.39, 0.29) is 0 Å². The van der Waals surface area contributed by atoms with E-state index in [4.69, 9.17) is 0 Å². The molecule has 3 rings (SSSR count). The lowest BCUT2D eigenvalue weighted by Gasteiger charge is -2.36. The van der Waals surface area contributed by atoms with Crippen molar-refractivity contribution in [2.45, 2.75) is 71.3 Å². The Balaban J connectivity index is 1.70. The number of ether oxygens (including phenoxy) is 1. The van der Waals surface area contributed by atoms with E-state index >= 15 is 0 Å². The molecule has 0 spiro atoms. The molecule has 1 fully saturated rings. The predicted octanol–water partition coefficient (Wildman–Crippen LogP) is 6.28. The summed E-state index contributed by atoms with van der Waals surface area (Å²) in [4.78, 5) is 0. The second-order valence-electron chi connectivity index (χ2n) is 7.59. The molecule has 0 aliphatic heterocycles. The van der Waals surface area contributed by atoms with Gasteiger partial charge in [0.1, 0.15) is 0 Å². The van der Waals surface area contributed by atoms with Crippen molar-refractivity contribution in [3.8, 4) is 5.75 Å². The second kappa shape index (κ2) is 7.96. The van der Waals surface area contributed by atoms with Gasteiger partial charge in [-0.1, -0.05) is 32.6 Å². The van der Waals surface area contributed by atoms with Gasteiger partial charge in [-0.25, -0.2) is 8.78 Å². The maximum absolute atomic E-state index is 14.4. The van der Waals surface area contributed by atoms with E-state index in [2.05, 4.69) is 11.7 Å². The molecule has 2 aliphatic carbocycles. The van der Waals surface area contributed by atoms with E-state index in [0.29, 0.717) is 35.8 Å². The maximum atomic E-state index is 14.4. The highest BCUT2D eigenvalue weighted by Crippen LogP contribution is 2.42. The lowest BCUT2D eigenvalue weighted by Crippen LogP contribution is -2.27. The fraction of sp³-hybridized carbons (Fsp3) is 0.700. The van der Waals surface area contributed by atoms with Crippen molar-refractivity contribution in [2.75, 3.05) is 0 Å². The quantitative estimate of drug-likeness (QED) is 0.563. The van der Waals surface area contributed by atoms with Crippen molar-refractivity contribution in [2.24, 2.45) is 17.8 Å². The van der Waals surface area contributed by atoms with Crippen LogP contribution in [0, 0.1) is 29.4 Å². The molecule has 0 saturated heterocycles. The second-order valence-corrected chi connectivity index (χ2v) is 7.59. The summed E-state index contributed by atoms with van der Waals surface area (Å²) >= 11 is 0. The Kier molecular flexibility index (Phi) is 5.90. The van der Waals surface area contributed by atoms with Crippen LogP contribution in [-0.4, -0.2) is 6.61 Å². The van der Waals surface area contributed by atoms with Crippen molar-refractivity contribution in [1.82, 2.24) is 0 Å². The van der Waals surface area contributed by atoms with Gasteiger partial charge in [-0.2, -0.15) is 8.78 Å². The van der Waals surface area contributed by atoms with Crippen molar-refractivity contribution in [1.29, 1.82) is 0 Å². The highest BCUT2D eigenvalue weighted by molar-refractivity contribution is 5.40. The highest BCUT2D eigenvalue weighted by Gasteiger charge is 2.32. The van der Waals surface area contributed by atoms with Crippen LogP contribution in [0.3, 0.4) is 0 Å². The lowest BCUT2D eigenvalue weighted by atomic mass is 9.69. The summed E-state index contributed by atoms with van der Waals surface area (Å²) in [7, 11) is 0. The first-order chi connectivity index (χ1) is 12.0. The molecule has 0 bridgehead atoms. The zero-order chi connectivity index (χ0) is 18.0. The normalized spacial score (nSPS) is 26.6. The Morgan fingerprint density at radius 1 is 1.08 bits per heavy atom. The van der Waals surface area contributed by atoms with Gasteiger partial charge in [0.2, 0.25) is 0 Å². The number of halogens is 4. The van der Waals surface area contributed by atoms with Gasteiger partial charge in [0.15, 0.2) is 17.4 Å². The van der Waals surface area contributed by atoms with Crippen molar-refractivity contribution >= 4 is 0 Å². The standard InChI is InChI=1S/C20H26F4O/c1-2-3-12-4-6-13(7-5-12)14-8-9-16-15(10-14)11-17(21)19(18(16)22)25-20(23)24/h11-14,20H,2-10H2,1H3. The molecule has 1 nitrogen and oxygen atoms in total. The van der Waals surface area contributed by atoms with E-state index in [1.54, 1.807) is 0 Å². The summed E-state index contributed by atoms with van der Waals surface area (Å²) in [5.41, 5.74) is 0.983. The third-order valence-electron chi connectivity index (χ3n) is 6.08. The van der Waals surface area contributed by atoms with Crippen LogP contribution in [-0.2, 0) is 12.8 Å². The van der Waals surface area contributed by atoms with Crippen molar-refractivity contribution in [3.05, 3.63) is 28.8 Å². The first-order valence-electron chi connectivity index (χ1n) is 9.44. The van der Waals surface area contributed by atoms with E-state index < -0.39 is 24.0 Å². The number of fused-ring (bicyclic) bond motifs is 1. The van der Waals surface area contributed by atoms with Gasteiger partial charge >= 0.3 is 6.61 Å². The molecule has 0 N–H and O–H groups in total. The van der Waals surface area contributed by atoms with Crippen LogP contribution >= 0.6 is 0 Å². The zero-order valence-electron chi connectivity index (χ0n) is 14.7. The summed E-state index contributed by atoms with van der Waals surface area (Å²) in [5, 5.41) is 0. The summed E-state index contributed by atoms with van der Waals surface area (Å²) in [6.07, 6.45) is 9.38. The van der Waals surface area contributed by atoms with Gasteiger partial charge in [-0.05, 0) is 67.1 Å². The number of alkyl halides is 2. The minimum atomic E-state index is -3.23. The largest absolute Gasteiger partial charge is 0.429 e. The van der Waals surface area contributed by atoms with Crippen LogP contribution in [0.2, 0.25) is 0 Å². The molecule has 0 radical (unpaired) electrons. The molecule has 5 heteroatoms. The SMILES string of the molecule is CCCC1CCC(C2CCc3c(cc(F)c(OC(F)F)c3F)C2)CC1. The number of benzene rings is 1. The van der Waals surface area contributed by atoms with E-state index in [1.165, 1.54) is 44.6 Å². The number of rotatable bonds is 5. The fourth-order valence-corrected chi connectivity index (χ4v) is 4.81. The number of hydrogen-bond donors (Lipinski definition) is 0. The summed E-state index contributed by atoms with van der Waals surface area (Å²) in [6, 6.07) is 1.20. The highest BCUT2D eigenvalue weighted by atomic mass is 19.3.